The lowest BCUT2D eigenvalue weighted by Gasteiger charge is -2.35. The molecule has 1 unspecified atom stereocenters. The molecule has 32 heavy (non-hydrogen) atoms. The molecule has 8 nitrogen and oxygen atoms in total. The van der Waals surface area contributed by atoms with E-state index in [9.17, 15) is 0 Å². The van der Waals surface area contributed by atoms with Gasteiger partial charge in [0.2, 0.25) is 0 Å². The second-order valence-corrected chi connectivity index (χ2v) is 7.63. The monoisotopic (exact) mass is 554 g/mol. The van der Waals surface area contributed by atoms with Crippen molar-refractivity contribution in [3.63, 3.8) is 0 Å². The number of hydrogen-bond donors (Lipinski definition) is 2. The lowest BCUT2D eigenvalue weighted by Crippen LogP contribution is -2.46. The summed E-state index contributed by atoms with van der Waals surface area (Å²) >= 11 is 0. The Bertz CT molecular complexity index is 841. The highest BCUT2D eigenvalue weighted by atomic mass is 127. The third-order valence-corrected chi connectivity index (χ3v) is 5.36. The molecule has 2 heterocycles. The molecule has 1 saturated heterocycles. The molecule has 9 heteroatoms. The summed E-state index contributed by atoms with van der Waals surface area (Å²) in [4.78, 5) is 13.5. The van der Waals surface area contributed by atoms with Crippen LogP contribution in [0.3, 0.4) is 0 Å². The molecule has 2 aromatic rings. The maximum atomic E-state index is 5.55. The van der Waals surface area contributed by atoms with Gasteiger partial charge in [-0.2, -0.15) is 0 Å². The van der Waals surface area contributed by atoms with Crippen LogP contribution in [0.5, 0.6) is 5.75 Å². The highest BCUT2D eigenvalue weighted by Crippen LogP contribution is 2.23. The lowest BCUT2D eigenvalue weighted by atomic mass is 10.0. The number of aliphatic imine (C=N–C) groups is 1. The lowest BCUT2D eigenvalue weighted by molar-refractivity contribution is 0.0170. The number of nitrogens with zero attached hydrogens (tertiary/aromatic N) is 4. The molecule has 1 aromatic heterocycles. The summed E-state index contributed by atoms with van der Waals surface area (Å²) in [5.74, 6) is 2.56. The van der Waals surface area contributed by atoms with Gasteiger partial charge in [-0.15, -0.1) is 24.0 Å². The molecular weight excluding hydrogens is 519 g/mol. The van der Waals surface area contributed by atoms with E-state index in [1.165, 1.54) is 5.56 Å². The minimum atomic E-state index is 0. The van der Waals surface area contributed by atoms with Gasteiger partial charge in [-0.25, -0.2) is 4.98 Å². The van der Waals surface area contributed by atoms with Crippen molar-refractivity contribution >= 4 is 35.8 Å². The largest absolute Gasteiger partial charge is 0.497 e. The number of nitrogens with one attached hydrogen (secondary N) is 2. The van der Waals surface area contributed by atoms with Crippen molar-refractivity contribution in [2.45, 2.75) is 12.6 Å². The number of anilines is 1. The molecule has 1 aliphatic heterocycles. The highest BCUT2D eigenvalue weighted by molar-refractivity contribution is 14.0. The molecule has 0 amide bonds. The van der Waals surface area contributed by atoms with Crippen molar-refractivity contribution in [3.8, 4) is 5.75 Å². The number of rotatable bonds is 8. The Balaban J connectivity index is 0.00000363. The van der Waals surface area contributed by atoms with Crippen LogP contribution < -0.4 is 20.3 Å². The molecule has 0 spiro atoms. The summed E-state index contributed by atoms with van der Waals surface area (Å²) in [7, 11) is 7.46. The summed E-state index contributed by atoms with van der Waals surface area (Å²) in [6.45, 7) is 4.67. The van der Waals surface area contributed by atoms with Crippen LogP contribution in [-0.2, 0) is 11.3 Å². The number of halogens is 1. The van der Waals surface area contributed by atoms with Crippen LogP contribution in [0.25, 0.3) is 0 Å². The zero-order valence-corrected chi connectivity index (χ0v) is 21.7. The zero-order chi connectivity index (χ0) is 22.1. The quantitative estimate of drug-likeness (QED) is 0.295. The number of morpholine rings is 1. The fourth-order valence-electron chi connectivity index (χ4n) is 3.58. The minimum absolute atomic E-state index is 0. The fraction of sp³-hybridized carbons (Fsp3) is 0.478. The maximum Gasteiger partial charge on any atom is 0.191 e. The maximum absolute atomic E-state index is 5.55. The first-order valence-electron chi connectivity index (χ1n) is 10.6. The fourth-order valence-corrected chi connectivity index (χ4v) is 3.58. The predicted octanol–water partition coefficient (Wildman–Crippen LogP) is 2.51. The molecule has 2 N–H and O–H groups in total. The standard InChI is InChI=1S/C23H34N6O2.HI/c1-24-23(25-16-19-6-5-7-22(27-19)28(2)3)26-17-21(29-12-14-31-15-13-29)18-8-10-20(30-4)11-9-18;/h5-11,21H,12-17H2,1-4H3,(H2,24,25,26);1H. The van der Waals surface area contributed by atoms with Crippen LogP contribution in [-0.4, -0.2) is 76.9 Å². The Morgan fingerprint density at radius 3 is 2.50 bits per heavy atom. The Morgan fingerprint density at radius 2 is 1.88 bits per heavy atom. The first-order chi connectivity index (χ1) is 15.1. The average molecular weight is 554 g/mol. The number of ether oxygens (including phenoxy) is 2. The number of guanidine groups is 1. The molecule has 0 saturated carbocycles. The number of methoxy groups -OCH3 is 1. The molecule has 1 fully saturated rings. The van der Waals surface area contributed by atoms with Crippen LogP contribution in [0.15, 0.2) is 47.5 Å². The van der Waals surface area contributed by atoms with Crippen LogP contribution in [0.2, 0.25) is 0 Å². The van der Waals surface area contributed by atoms with Crippen LogP contribution in [0, 0.1) is 0 Å². The zero-order valence-electron chi connectivity index (χ0n) is 19.4. The summed E-state index contributed by atoms with van der Waals surface area (Å²) in [6.07, 6.45) is 0. The summed E-state index contributed by atoms with van der Waals surface area (Å²) < 4.78 is 10.9. The highest BCUT2D eigenvalue weighted by Gasteiger charge is 2.23. The topological polar surface area (TPSA) is 74.2 Å². The van der Waals surface area contributed by atoms with Crippen LogP contribution >= 0.6 is 24.0 Å². The van der Waals surface area contributed by atoms with Gasteiger partial charge in [-0.1, -0.05) is 18.2 Å². The van der Waals surface area contributed by atoms with Gasteiger partial charge in [-0.3, -0.25) is 9.89 Å². The van der Waals surface area contributed by atoms with Crippen LogP contribution in [0.4, 0.5) is 5.82 Å². The third-order valence-electron chi connectivity index (χ3n) is 5.36. The normalized spacial score (nSPS) is 15.4. The van der Waals surface area contributed by atoms with E-state index in [1.54, 1.807) is 14.2 Å². The molecular formula is C23H35IN6O2. The molecule has 1 aliphatic rings. The number of hydrogen-bond acceptors (Lipinski definition) is 6. The average Bonchev–Trinajstić information content (AvgIpc) is 2.82. The van der Waals surface area contributed by atoms with Gasteiger partial charge in [0.15, 0.2) is 5.96 Å². The third kappa shape index (κ3) is 7.49. The second-order valence-electron chi connectivity index (χ2n) is 7.63. The van der Waals surface area contributed by atoms with Gasteiger partial charge in [0, 0.05) is 40.8 Å². The van der Waals surface area contributed by atoms with Gasteiger partial charge >= 0.3 is 0 Å². The molecule has 0 radical (unpaired) electrons. The van der Waals surface area contributed by atoms with Gasteiger partial charge in [-0.05, 0) is 29.8 Å². The van der Waals surface area contributed by atoms with E-state index in [0.29, 0.717) is 6.54 Å². The van der Waals surface area contributed by atoms with E-state index >= 15 is 0 Å². The predicted molar refractivity (Wildman–Crippen MR) is 140 cm³/mol. The second kappa shape index (κ2) is 13.4. The smallest absolute Gasteiger partial charge is 0.191 e. The van der Waals surface area contributed by atoms with E-state index in [2.05, 4.69) is 37.6 Å². The van der Waals surface area contributed by atoms with E-state index in [0.717, 1.165) is 56.1 Å². The first kappa shape index (κ1) is 26.1. The Hall–Kier alpha value is -2.11. The van der Waals surface area contributed by atoms with Crippen molar-refractivity contribution in [3.05, 3.63) is 53.7 Å². The van der Waals surface area contributed by atoms with Crippen LogP contribution in [0.1, 0.15) is 17.3 Å². The number of aromatic nitrogens is 1. The van der Waals surface area contributed by atoms with Crippen molar-refractivity contribution in [2.75, 3.05) is 66.0 Å². The van der Waals surface area contributed by atoms with E-state index < -0.39 is 0 Å². The molecule has 0 aliphatic carbocycles. The molecule has 3 rings (SSSR count). The van der Waals surface area contributed by atoms with Gasteiger partial charge in [0.1, 0.15) is 11.6 Å². The van der Waals surface area contributed by atoms with Crippen molar-refractivity contribution < 1.29 is 9.47 Å². The summed E-state index contributed by atoms with van der Waals surface area (Å²) in [6, 6.07) is 14.5. The first-order valence-corrected chi connectivity index (χ1v) is 10.6. The summed E-state index contributed by atoms with van der Waals surface area (Å²) in [5.41, 5.74) is 2.21. The molecule has 176 valence electrons. The van der Waals surface area contributed by atoms with E-state index in [1.807, 2.05) is 49.3 Å². The molecule has 0 bridgehead atoms. The van der Waals surface area contributed by atoms with Crippen molar-refractivity contribution in [1.82, 2.24) is 20.5 Å². The number of benzene rings is 1. The summed E-state index contributed by atoms with van der Waals surface area (Å²) in [5, 5.41) is 6.86. The van der Waals surface area contributed by atoms with Crippen molar-refractivity contribution in [1.29, 1.82) is 0 Å². The molecule has 1 atom stereocenters. The SMILES string of the molecule is CN=C(NCc1cccc(N(C)C)n1)NCC(c1ccc(OC)cc1)N1CCOCC1.I. The van der Waals surface area contributed by atoms with E-state index in [-0.39, 0.29) is 30.0 Å². The Morgan fingerprint density at radius 1 is 1.16 bits per heavy atom. The number of pyridine rings is 1. The Labute approximate surface area is 208 Å². The van der Waals surface area contributed by atoms with Gasteiger partial charge in [0.25, 0.3) is 0 Å². The molecule has 1 aromatic carbocycles. The van der Waals surface area contributed by atoms with E-state index in [4.69, 9.17) is 9.47 Å². The van der Waals surface area contributed by atoms with Gasteiger partial charge in [0.05, 0.1) is 38.6 Å². The van der Waals surface area contributed by atoms with Crippen molar-refractivity contribution in [2.24, 2.45) is 4.99 Å². The van der Waals surface area contributed by atoms with Gasteiger partial charge < -0.3 is 25.0 Å². The Kier molecular flexibility index (Phi) is 11.0. The minimum Gasteiger partial charge on any atom is -0.497 e.